The number of hydrogen-bond donors (Lipinski definition) is 1. The van der Waals surface area contributed by atoms with Gasteiger partial charge in [0, 0.05) is 24.0 Å². The van der Waals surface area contributed by atoms with Crippen LogP contribution in [-0.4, -0.2) is 43.0 Å². The van der Waals surface area contributed by atoms with Gasteiger partial charge in [-0.1, -0.05) is 42.8 Å². The molecule has 2 aromatic rings. The topological polar surface area (TPSA) is 67.9 Å². The quantitative estimate of drug-likeness (QED) is 0.531. The summed E-state index contributed by atoms with van der Waals surface area (Å²) in [6.07, 6.45) is 1.58. The molecular weight excluding hydrogens is 428 g/mol. The molecule has 0 aliphatic heterocycles. The molecule has 32 heavy (non-hydrogen) atoms. The molecule has 0 aliphatic carbocycles. The number of rotatable bonds is 11. The first-order valence-electron chi connectivity index (χ1n) is 10.8. The fourth-order valence-corrected chi connectivity index (χ4v) is 3.48. The predicted molar refractivity (Wildman–Crippen MR) is 127 cm³/mol. The van der Waals surface area contributed by atoms with Crippen LogP contribution in [0.5, 0.6) is 11.5 Å². The highest BCUT2D eigenvalue weighted by atomic mass is 35.5. The van der Waals surface area contributed by atoms with E-state index in [1.807, 2.05) is 50.2 Å². The third-order valence-corrected chi connectivity index (χ3v) is 5.91. The van der Waals surface area contributed by atoms with Crippen LogP contribution >= 0.6 is 11.6 Å². The van der Waals surface area contributed by atoms with E-state index in [4.69, 9.17) is 21.1 Å². The smallest absolute Gasteiger partial charge is 0.242 e. The maximum atomic E-state index is 13.3. The zero-order valence-electron chi connectivity index (χ0n) is 19.5. The maximum absolute atomic E-state index is 13.3. The number of methoxy groups -OCH3 is 2. The Hall–Kier alpha value is -2.73. The van der Waals surface area contributed by atoms with Gasteiger partial charge in [0.15, 0.2) is 11.5 Å². The molecule has 0 aliphatic rings. The number of amides is 2. The Morgan fingerprint density at radius 3 is 2.38 bits per heavy atom. The molecule has 1 N–H and O–H groups in total. The number of nitrogens with one attached hydrogen (secondary N) is 1. The summed E-state index contributed by atoms with van der Waals surface area (Å²) in [5.74, 6) is 0.960. The summed E-state index contributed by atoms with van der Waals surface area (Å²) in [7, 11) is 3.16. The first kappa shape index (κ1) is 25.5. The number of carbonyl (C=O) groups is 2. The highest BCUT2D eigenvalue weighted by Crippen LogP contribution is 2.28. The molecule has 0 radical (unpaired) electrons. The molecule has 2 amide bonds. The van der Waals surface area contributed by atoms with E-state index in [2.05, 4.69) is 5.32 Å². The van der Waals surface area contributed by atoms with Gasteiger partial charge in [0.2, 0.25) is 11.8 Å². The van der Waals surface area contributed by atoms with E-state index in [0.29, 0.717) is 22.9 Å². The lowest BCUT2D eigenvalue weighted by Crippen LogP contribution is -2.49. The van der Waals surface area contributed by atoms with Crippen LogP contribution in [0.15, 0.2) is 42.5 Å². The molecule has 0 bridgehead atoms. The van der Waals surface area contributed by atoms with Gasteiger partial charge in [-0.05, 0) is 56.0 Å². The van der Waals surface area contributed by atoms with E-state index in [1.165, 1.54) is 0 Å². The first-order chi connectivity index (χ1) is 15.3. The van der Waals surface area contributed by atoms with E-state index >= 15 is 0 Å². The summed E-state index contributed by atoms with van der Waals surface area (Å²) in [6, 6.07) is 12.4. The fraction of sp³-hybridized carbons (Fsp3) is 0.440. The van der Waals surface area contributed by atoms with Crippen LogP contribution in [0.4, 0.5) is 0 Å². The fourth-order valence-electron chi connectivity index (χ4n) is 3.29. The molecule has 0 fully saturated rings. The molecule has 0 aromatic heterocycles. The van der Waals surface area contributed by atoms with Crippen LogP contribution in [0, 0.1) is 0 Å². The molecular formula is C25H33ClN2O4. The number of hydrogen-bond acceptors (Lipinski definition) is 4. The van der Waals surface area contributed by atoms with Crippen LogP contribution in [0.3, 0.4) is 0 Å². The monoisotopic (exact) mass is 460 g/mol. The Morgan fingerprint density at radius 1 is 1.06 bits per heavy atom. The summed E-state index contributed by atoms with van der Waals surface area (Å²) in [5.41, 5.74) is 1.75. The Morgan fingerprint density at radius 2 is 1.75 bits per heavy atom. The zero-order valence-corrected chi connectivity index (χ0v) is 20.2. The minimum Gasteiger partial charge on any atom is -0.493 e. The third kappa shape index (κ3) is 6.89. The largest absolute Gasteiger partial charge is 0.493 e. The van der Waals surface area contributed by atoms with Gasteiger partial charge >= 0.3 is 0 Å². The van der Waals surface area contributed by atoms with Gasteiger partial charge in [-0.2, -0.15) is 0 Å². The molecule has 7 heteroatoms. The maximum Gasteiger partial charge on any atom is 0.242 e. The van der Waals surface area contributed by atoms with Gasteiger partial charge in [-0.25, -0.2) is 0 Å². The number of ether oxygens (including phenoxy) is 2. The average Bonchev–Trinajstić information content (AvgIpc) is 2.81. The highest BCUT2D eigenvalue weighted by molar-refractivity contribution is 6.31. The van der Waals surface area contributed by atoms with Crippen molar-refractivity contribution in [1.82, 2.24) is 10.2 Å². The minimum atomic E-state index is -0.627. The van der Waals surface area contributed by atoms with Gasteiger partial charge in [-0.15, -0.1) is 0 Å². The zero-order chi connectivity index (χ0) is 23.7. The summed E-state index contributed by atoms with van der Waals surface area (Å²) >= 11 is 6.33. The van der Waals surface area contributed by atoms with Gasteiger partial charge in [0.25, 0.3) is 0 Å². The lowest BCUT2D eigenvalue weighted by Gasteiger charge is -2.30. The van der Waals surface area contributed by atoms with Crippen molar-refractivity contribution in [2.45, 2.75) is 58.7 Å². The van der Waals surface area contributed by atoms with Crippen LogP contribution in [0.2, 0.25) is 5.02 Å². The number of aryl methyl sites for hydroxylation is 1. The lowest BCUT2D eigenvalue weighted by molar-refractivity contribution is -0.140. The van der Waals surface area contributed by atoms with E-state index < -0.39 is 6.04 Å². The van der Waals surface area contributed by atoms with Crippen molar-refractivity contribution in [3.63, 3.8) is 0 Å². The van der Waals surface area contributed by atoms with Crippen LogP contribution in [0.1, 0.15) is 44.7 Å². The molecule has 0 saturated heterocycles. The SMILES string of the molecule is CC[C@@H](C)NC(=O)[C@@H](C)N(Cc1ccccc1Cl)C(=O)CCc1ccc(OC)c(OC)c1. The molecule has 0 spiro atoms. The summed E-state index contributed by atoms with van der Waals surface area (Å²) in [6.45, 7) is 5.97. The number of halogens is 1. The lowest BCUT2D eigenvalue weighted by atomic mass is 10.1. The molecule has 2 atom stereocenters. The van der Waals surface area contributed by atoms with E-state index in [0.717, 1.165) is 17.5 Å². The second kappa shape index (κ2) is 12.3. The van der Waals surface area contributed by atoms with Crippen molar-refractivity contribution in [3.8, 4) is 11.5 Å². The van der Waals surface area contributed by atoms with Crippen molar-refractivity contribution >= 4 is 23.4 Å². The van der Waals surface area contributed by atoms with Crippen molar-refractivity contribution in [3.05, 3.63) is 58.6 Å². The Labute approximate surface area is 195 Å². The van der Waals surface area contributed by atoms with Crippen LogP contribution in [-0.2, 0) is 22.6 Å². The van der Waals surface area contributed by atoms with Crippen LogP contribution in [0.25, 0.3) is 0 Å². The van der Waals surface area contributed by atoms with Gasteiger partial charge in [0.1, 0.15) is 6.04 Å². The second-order valence-corrected chi connectivity index (χ2v) is 8.20. The highest BCUT2D eigenvalue weighted by Gasteiger charge is 2.27. The molecule has 2 rings (SSSR count). The van der Waals surface area contributed by atoms with Crippen LogP contribution < -0.4 is 14.8 Å². The van der Waals surface area contributed by atoms with Crippen molar-refractivity contribution in [2.75, 3.05) is 14.2 Å². The van der Waals surface area contributed by atoms with E-state index in [-0.39, 0.29) is 30.8 Å². The van der Waals surface area contributed by atoms with Gasteiger partial charge < -0.3 is 19.7 Å². The Balaban J connectivity index is 2.19. The standard InChI is InChI=1S/C25H33ClN2O4/c1-6-17(2)27-25(30)18(3)28(16-20-9-7-8-10-21(20)26)24(29)14-12-19-11-13-22(31-4)23(15-19)32-5/h7-11,13,15,17-18H,6,12,14,16H2,1-5H3,(H,27,30)/t17-,18-/m1/s1. The first-order valence-corrected chi connectivity index (χ1v) is 11.2. The summed E-state index contributed by atoms with van der Waals surface area (Å²) in [4.78, 5) is 27.6. The number of nitrogens with zero attached hydrogens (tertiary/aromatic N) is 1. The van der Waals surface area contributed by atoms with Gasteiger partial charge in [-0.3, -0.25) is 9.59 Å². The second-order valence-electron chi connectivity index (χ2n) is 7.80. The van der Waals surface area contributed by atoms with Gasteiger partial charge in [0.05, 0.1) is 14.2 Å². The molecule has 2 aromatic carbocycles. The average molecular weight is 461 g/mol. The third-order valence-electron chi connectivity index (χ3n) is 5.54. The van der Waals surface area contributed by atoms with E-state index in [1.54, 1.807) is 32.1 Å². The number of benzene rings is 2. The molecule has 0 unspecified atom stereocenters. The van der Waals surface area contributed by atoms with Crippen molar-refractivity contribution in [2.24, 2.45) is 0 Å². The Bertz CT molecular complexity index is 919. The predicted octanol–water partition coefficient (Wildman–Crippen LogP) is 4.62. The minimum absolute atomic E-state index is 0.0361. The summed E-state index contributed by atoms with van der Waals surface area (Å²) < 4.78 is 10.6. The molecule has 6 nitrogen and oxygen atoms in total. The van der Waals surface area contributed by atoms with E-state index in [9.17, 15) is 9.59 Å². The Kier molecular flexibility index (Phi) is 9.85. The number of carbonyl (C=O) groups excluding carboxylic acids is 2. The van der Waals surface area contributed by atoms with Crippen molar-refractivity contribution < 1.29 is 19.1 Å². The van der Waals surface area contributed by atoms with Crippen molar-refractivity contribution in [1.29, 1.82) is 0 Å². The normalized spacial score (nSPS) is 12.6. The molecule has 174 valence electrons. The molecule has 0 saturated carbocycles. The summed E-state index contributed by atoms with van der Waals surface area (Å²) in [5, 5.41) is 3.54. The molecule has 0 heterocycles.